The van der Waals surface area contributed by atoms with E-state index in [0.29, 0.717) is 11.7 Å². The summed E-state index contributed by atoms with van der Waals surface area (Å²) in [6, 6.07) is 1.25. The average molecular weight is 330 g/mol. The summed E-state index contributed by atoms with van der Waals surface area (Å²) in [4.78, 5) is 31.7. The second kappa shape index (κ2) is 6.59. The highest BCUT2D eigenvalue weighted by Gasteiger charge is 2.21. The van der Waals surface area contributed by atoms with Crippen LogP contribution in [-0.4, -0.2) is 21.0 Å². The summed E-state index contributed by atoms with van der Waals surface area (Å²) >= 11 is 0. The van der Waals surface area contributed by atoms with Gasteiger partial charge >= 0.3 is 0 Å². The number of nitrogens with zero attached hydrogens (tertiary/aromatic N) is 2. The molecule has 0 saturated heterocycles. The fourth-order valence-electron chi connectivity index (χ4n) is 2.84. The molecule has 0 radical (unpaired) electrons. The molecule has 2 N–H and O–H groups in total. The first-order chi connectivity index (χ1) is 11.5. The molecule has 0 fully saturated rings. The van der Waals surface area contributed by atoms with Gasteiger partial charge in [0.2, 0.25) is 5.89 Å². The molecule has 128 valence electrons. The molecule has 24 heavy (non-hydrogen) atoms. The monoisotopic (exact) mass is 330 g/mol. The van der Waals surface area contributed by atoms with Crippen LogP contribution in [0.5, 0.6) is 0 Å². The zero-order valence-corrected chi connectivity index (χ0v) is 14.2. The van der Waals surface area contributed by atoms with Crippen LogP contribution in [0.1, 0.15) is 78.9 Å². The molecular weight excluding hydrogens is 308 g/mol. The van der Waals surface area contributed by atoms with Crippen molar-refractivity contribution in [3.63, 3.8) is 0 Å². The number of aryl methyl sites for hydroxylation is 2. The maximum Gasteiger partial charge on any atom is 0.261 e. The number of aromatic amines is 1. The molecule has 1 amide bonds. The first-order valence-corrected chi connectivity index (χ1v) is 8.35. The molecule has 2 heterocycles. The molecule has 7 heteroatoms. The Morgan fingerprint density at radius 2 is 2.04 bits per heavy atom. The maximum absolute atomic E-state index is 12.5. The van der Waals surface area contributed by atoms with Gasteiger partial charge in [0.05, 0.1) is 0 Å². The first-order valence-electron chi connectivity index (χ1n) is 8.35. The summed E-state index contributed by atoms with van der Waals surface area (Å²) in [5.74, 6) is 0.648. The Labute approximate surface area is 139 Å². The van der Waals surface area contributed by atoms with Gasteiger partial charge in [0.25, 0.3) is 11.5 Å². The van der Waals surface area contributed by atoms with Gasteiger partial charge in [0, 0.05) is 11.6 Å². The van der Waals surface area contributed by atoms with Crippen LogP contribution in [0.4, 0.5) is 0 Å². The molecule has 2 aromatic rings. The molecule has 3 rings (SSSR count). The summed E-state index contributed by atoms with van der Waals surface area (Å²) in [6.45, 7) is 5.68. The number of hydrogen-bond acceptors (Lipinski definition) is 5. The Bertz CT molecular complexity index is 806. The molecule has 1 atom stereocenters. The van der Waals surface area contributed by atoms with Gasteiger partial charge in [-0.2, -0.15) is 4.98 Å². The lowest BCUT2D eigenvalue weighted by molar-refractivity contribution is 0.0930. The highest BCUT2D eigenvalue weighted by Crippen LogP contribution is 2.19. The third-order valence-corrected chi connectivity index (χ3v) is 4.27. The minimum atomic E-state index is -0.465. The van der Waals surface area contributed by atoms with E-state index in [1.165, 1.54) is 0 Å². The fraction of sp³-hybridized carbons (Fsp3) is 0.529. The number of aromatic nitrogens is 3. The zero-order valence-electron chi connectivity index (χ0n) is 14.2. The largest absolute Gasteiger partial charge is 0.340 e. The summed E-state index contributed by atoms with van der Waals surface area (Å²) in [5.41, 5.74) is 1.78. The summed E-state index contributed by atoms with van der Waals surface area (Å²) in [6.07, 6.45) is 3.91. The summed E-state index contributed by atoms with van der Waals surface area (Å²) in [7, 11) is 0. The Hall–Kier alpha value is -2.44. The van der Waals surface area contributed by atoms with Crippen molar-refractivity contribution >= 4 is 5.91 Å². The smallest absolute Gasteiger partial charge is 0.261 e. The lowest BCUT2D eigenvalue weighted by atomic mass is 9.95. The molecule has 0 bridgehead atoms. The van der Waals surface area contributed by atoms with Crippen LogP contribution in [0, 0.1) is 0 Å². The number of H-pyrrole nitrogens is 1. The van der Waals surface area contributed by atoms with Gasteiger partial charge < -0.3 is 14.8 Å². The number of nitrogens with one attached hydrogen (secondary N) is 2. The third-order valence-electron chi connectivity index (χ3n) is 4.27. The van der Waals surface area contributed by atoms with Crippen LogP contribution in [0.25, 0.3) is 0 Å². The topological polar surface area (TPSA) is 101 Å². The predicted molar refractivity (Wildman–Crippen MR) is 88.0 cm³/mol. The Morgan fingerprint density at radius 3 is 2.75 bits per heavy atom. The third kappa shape index (κ3) is 3.25. The van der Waals surface area contributed by atoms with Crippen molar-refractivity contribution in [1.29, 1.82) is 0 Å². The minimum Gasteiger partial charge on any atom is -0.340 e. The number of carbonyl (C=O) groups is 1. The minimum absolute atomic E-state index is 0.131. The fourth-order valence-corrected chi connectivity index (χ4v) is 2.84. The Balaban J connectivity index is 1.78. The van der Waals surface area contributed by atoms with E-state index in [-0.39, 0.29) is 17.0 Å². The molecule has 0 aliphatic heterocycles. The van der Waals surface area contributed by atoms with Crippen molar-refractivity contribution < 1.29 is 9.32 Å². The van der Waals surface area contributed by atoms with Gasteiger partial charge in [-0.3, -0.25) is 9.59 Å². The first kappa shape index (κ1) is 16.4. The number of hydrogen-bond donors (Lipinski definition) is 2. The van der Waals surface area contributed by atoms with E-state index in [2.05, 4.69) is 20.4 Å². The quantitative estimate of drug-likeness (QED) is 0.895. The lowest BCUT2D eigenvalue weighted by Gasteiger charge is -2.16. The van der Waals surface area contributed by atoms with Crippen molar-refractivity contribution in [2.75, 3.05) is 0 Å². The van der Waals surface area contributed by atoms with E-state index in [1.54, 1.807) is 13.0 Å². The van der Waals surface area contributed by atoms with Crippen LogP contribution in [0.3, 0.4) is 0 Å². The van der Waals surface area contributed by atoms with Crippen molar-refractivity contribution in [3.05, 3.63) is 45.0 Å². The van der Waals surface area contributed by atoms with Gasteiger partial charge in [-0.15, -0.1) is 0 Å². The van der Waals surface area contributed by atoms with Crippen molar-refractivity contribution in [1.82, 2.24) is 20.4 Å². The predicted octanol–water partition coefficient (Wildman–Crippen LogP) is 2.25. The highest BCUT2D eigenvalue weighted by molar-refractivity contribution is 5.94. The van der Waals surface area contributed by atoms with Gasteiger partial charge in [-0.25, -0.2) is 0 Å². The van der Waals surface area contributed by atoms with Crippen LogP contribution in [0.2, 0.25) is 0 Å². The van der Waals surface area contributed by atoms with E-state index >= 15 is 0 Å². The van der Waals surface area contributed by atoms with Crippen molar-refractivity contribution in [3.8, 4) is 0 Å². The van der Waals surface area contributed by atoms with Crippen LogP contribution >= 0.6 is 0 Å². The summed E-state index contributed by atoms with van der Waals surface area (Å²) < 4.78 is 5.18. The maximum atomic E-state index is 12.5. The summed E-state index contributed by atoms with van der Waals surface area (Å²) in [5, 5.41) is 6.64. The van der Waals surface area contributed by atoms with Crippen LogP contribution < -0.4 is 10.9 Å². The van der Waals surface area contributed by atoms with E-state index in [9.17, 15) is 9.59 Å². The molecule has 0 aromatic carbocycles. The molecule has 0 saturated carbocycles. The van der Waals surface area contributed by atoms with Gasteiger partial charge in [0.15, 0.2) is 5.82 Å². The zero-order chi connectivity index (χ0) is 17.3. The van der Waals surface area contributed by atoms with Gasteiger partial charge in [-0.1, -0.05) is 19.0 Å². The molecule has 1 aliphatic carbocycles. The standard InChI is InChI=1S/C17H22N4O3/c1-9(2)14-20-17(24-21-14)10(3)18-15(22)12-8-11-6-4-5-7-13(11)19-16(12)23/h8-10H,4-7H2,1-3H3,(H,18,22)(H,19,23). The molecule has 7 nitrogen and oxygen atoms in total. The number of pyridine rings is 1. The van der Waals surface area contributed by atoms with Gasteiger partial charge in [-0.05, 0) is 44.2 Å². The number of amides is 1. The van der Waals surface area contributed by atoms with E-state index in [4.69, 9.17) is 4.52 Å². The lowest BCUT2D eigenvalue weighted by Crippen LogP contribution is -2.32. The Morgan fingerprint density at radius 1 is 1.29 bits per heavy atom. The normalized spacial score (nSPS) is 15.2. The SMILES string of the molecule is CC(C)c1noc(C(C)NC(=O)c2cc3c([nH]c2=O)CCCC3)n1. The number of carbonyl (C=O) groups excluding carboxylic acids is 1. The van der Waals surface area contributed by atoms with Crippen LogP contribution in [0.15, 0.2) is 15.4 Å². The van der Waals surface area contributed by atoms with Gasteiger partial charge in [0.1, 0.15) is 11.6 Å². The second-order valence-corrected chi connectivity index (χ2v) is 6.56. The van der Waals surface area contributed by atoms with E-state index in [1.807, 2.05) is 13.8 Å². The molecular formula is C17H22N4O3. The second-order valence-electron chi connectivity index (χ2n) is 6.56. The molecule has 1 aliphatic rings. The molecule has 0 spiro atoms. The average Bonchev–Trinajstić information content (AvgIpc) is 3.04. The van der Waals surface area contributed by atoms with E-state index in [0.717, 1.165) is 36.9 Å². The molecule has 1 unspecified atom stereocenters. The number of rotatable bonds is 4. The Kier molecular flexibility index (Phi) is 4.51. The highest BCUT2D eigenvalue weighted by atomic mass is 16.5. The van der Waals surface area contributed by atoms with Crippen molar-refractivity contribution in [2.45, 2.75) is 58.4 Å². The molecule has 2 aromatic heterocycles. The van der Waals surface area contributed by atoms with Crippen molar-refractivity contribution in [2.24, 2.45) is 0 Å². The van der Waals surface area contributed by atoms with Crippen LogP contribution in [-0.2, 0) is 12.8 Å². The number of fused-ring (bicyclic) bond motifs is 1. The van der Waals surface area contributed by atoms with E-state index < -0.39 is 11.9 Å².